The second-order valence-corrected chi connectivity index (χ2v) is 1.96. The minimum atomic E-state index is -0.397. The first kappa shape index (κ1) is 7.67. The summed E-state index contributed by atoms with van der Waals surface area (Å²) in [7, 11) is 0. The first-order valence-corrected chi connectivity index (χ1v) is 3.06. The van der Waals surface area contributed by atoms with Gasteiger partial charge >= 0.3 is 0 Å². The summed E-state index contributed by atoms with van der Waals surface area (Å²) in [5.41, 5.74) is 4.93. The number of rotatable bonds is 2. The molecule has 1 aromatic heterocycles. The highest BCUT2D eigenvalue weighted by molar-refractivity contribution is 5.11. The van der Waals surface area contributed by atoms with Crippen LogP contribution in [0, 0.1) is 0 Å². The number of nitrogen functional groups attached to an aromatic ring is 1. The van der Waals surface area contributed by atoms with Crippen LogP contribution in [0.2, 0.25) is 0 Å². The Bertz CT molecular complexity index is 295. The van der Waals surface area contributed by atoms with Crippen LogP contribution in [0.1, 0.15) is 5.69 Å². The van der Waals surface area contributed by atoms with Crippen LogP contribution in [-0.4, -0.2) is 26.9 Å². The molecular formula is C5H8N4O2. The zero-order valence-corrected chi connectivity index (χ0v) is 5.74. The van der Waals surface area contributed by atoms with Crippen LogP contribution >= 0.6 is 0 Å². The molecule has 60 valence electrons. The molecule has 1 heterocycles. The molecule has 0 spiro atoms. The monoisotopic (exact) mass is 156 g/mol. The molecule has 0 aliphatic heterocycles. The Balaban J connectivity index is 3.00. The Morgan fingerprint density at radius 3 is 2.82 bits per heavy atom. The third-order valence-corrected chi connectivity index (χ3v) is 1.13. The molecule has 0 aromatic carbocycles. The Kier molecular flexibility index (Phi) is 2.17. The second kappa shape index (κ2) is 3.11. The molecule has 1 rings (SSSR count). The molecule has 6 nitrogen and oxygen atoms in total. The number of nitrogens with one attached hydrogen (secondary N) is 1. The molecule has 1 aromatic rings. The first-order chi connectivity index (χ1) is 5.24. The summed E-state index contributed by atoms with van der Waals surface area (Å²) in [6.45, 7) is -0.123. The van der Waals surface area contributed by atoms with Crippen LogP contribution in [0.25, 0.3) is 0 Å². The molecule has 0 amide bonds. The van der Waals surface area contributed by atoms with Gasteiger partial charge in [-0.3, -0.25) is 9.78 Å². The smallest absolute Gasteiger partial charge is 0.274 e. The van der Waals surface area contributed by atoms with Crippen molar-refractivity contribution in [1.82, 2.24) is 15.2 Å². The van der Waals surface area contributed by atoms with E-state index >= 15 is 0 Å². The van der Waals surface area contributed by atoms with Gasteiger partial charge in [0.25, 0.3) is 5.56 Å². The summed E-state index contributed by atoms with van der Waals surface area (Å²) in [4.78, 5) is 13.1. The lowest BCUT2D eigenvalue weighted by atomic mass is 10.3. The fourth-order valence-electron chi connectivity index (χ4n) is 0.643. The lowest BCUT2D eigenvalue weighted by molar-refractivity contribution is 0.297. The van der Waals surface area contributed by atoms with E-state index < -0.39 is 5.56 Å². The summed E-state index contributed by atoms with van der Waals surface area (Å²) in [5.74, 6) is -0.0170. The van der Waals surface area contributed by atoms with Gasteiger partial charge in [-0.25, -0.2) is 0 Å². The molecular weight excluding hydrogens is 148 g/mol. The van der Waals surface area contributed by atoms with Gasteiger partial charge in [0.2, 0.25) is 5.95 Å². The van der Waals surface area contributed by atoms with Gasteiger partial charge in [-0.05, 0) is 0 Å². The maximum absolute atomic E-state index is 10.9. The van der Waals surface area contributed by atoms with E-state index in [9.17, 15) is 4.79 Å². The molecule has 0 bridgehead atoms. The number of nitrogens with two attached hydrogens (primary N) is 1. The summed E-state index contributed by atoms with van der Waals surface area (Å²) in [5, 5.41) is 15.4. The molecule has 0 fully saturated rings. The first-order valence-electron chi connectivity index (χ1n) is 3.06. The van der Waals surface area contributed by atoms with Crippen LogP contribution in [0.4, 0.5) is 5.95 Å². The van der Waals surface area contributed by atoms with Crippen LogP contribution < -0.4 is 11.3 Å². The fourth-order valence-corrected chi connectivity index (χ4v) is 0.643. The van der Waals surface area contributed by atoms with E-state index in [0.717, 1.165) is 0 Å². The quantitative estimate of drug-likeness (QED) is 0.472. The summed E-state index contributed by atoms with van der Waals surface area (Å²) >= 11 is 0. The van der Waals surface area contributed by atoms with Crippen molar-refractivity contribution < 1.29 is 5.11 Å². The van der Waals surface area contributed by atoms with E-state index in [2.05, 4.69) is 15.2 Å². The molecule has 0 saturated heterocycles. The van der Waals surface area contributed by atoms with Gasteiger partial charge in [-0.1, -0.05) is 0 Å². The van der Waals surface area contributed by atoms with E-state index in [1.807, 2.05) is 0 Å². The van der Waals surface area contributed by atoms with Gasteiger partial charge in [0.15, 0.2) is 0 Å². The normalized spacial score (nSPS) is 9.91. The average molecular weight is 156 g/mol. The molecule has 4 N–H and O–H groups in total. The lowest BCUT2D eigenvalue weighted by Gasteiger charge is -1.94. The van der Waals surface area contributed by atoms with Gasteiger partial charge in [0.1, 0.15) is 5.69 Å². The van der Waals surface area contributed by atoms with Crippen molar-refractivity contribution in [2.75, 3.05) is 12.3 Å². The van der Waals surface area contributed by atoms with Crippen LogP contribution in [0.5, 0.6) is 0 Å². The van der Waals surface area contributed by atoms with Gasteiger partial charge in [-0.15, -0.1) is 10.2 Å². The SMILES string of the molecule is Nc1nnc(CCO)c(=O)[nH]1. The fraction of sp³-hybridized carbons (Fsp3) is 0.400. The predicted octanol–water partition coefficient (Wildman–Crippen LogP) is -1.72. The van der Waals surface area contributed by atoms with Gasteiger partial charge in [0.05, 0.1) is 0 Å². The largest absolute Gasteiger partial charge is 0.396 e. The Morgan fingerprint density at radius 2 is 2.27 bits per heavy atom. The van der Waals surface area contributed by atoms with E-state index in [-0.39, 0.29) is 24.7 Å². The van der Waals surface area contributed by atoms with Crippen molar-refractivity contribution in [2.24, 2.45) is 0 Å². The van der Waals surface area contributed by atoms with Gasteiger partial charge in [-0.2, -0.15) is 0 Å². The number of hydrogen-bond acceptors (Lipinski definition) is 5. The van der Waals surface area contributed by atoms with Gasteiger partial charge in [0, 0.05) is 13.0 Å². The molecule has 0 atom stereocenters. The van der Waals surface area contributed by atoms with Gasteiger partial charge < -0.3 is 10.8 Å². The zero-order chi connectivity index (χ0) is 8.27. The molecule has 0 aliphatic carbocycles. The maximum atomic E-state index is 10.9. The number of aromatic nitrogens is 3. The number of anilines is 1. The van der Waals surface area contributed by atoms with Crippen molar-refractivity contribution >= 4 is 5.95 Å². The summed E-state index contributed by atoms with van der Waals surface area (Å²) < 4.78 is 0. The predicted molar refractivity (Wildman–Crippen MR) is 37.9 cm³/mol. The third-order valence-electron chi connectivity index (χ3n) is 1.13. The summed E-state index contributed by atoms with van der Waals surface area (Å²) in [6.07, 6.45) is 0.197. The second-order valence-electron chi connectivity index (χ2n) is 1.96. The molecule has 11 heavy (non-hydrogen) atoms. The van der Waals surface area contributed by atoms with Crippen LogP contribution in [-0.2, 0) is 6.42 Å². The van der Waals surface area contributed by atoms with E-state index in [1.165, 1.54) is 0 Å². The maximum Gasteiger partial charge on any atom is 0.274 e. The molecule has 0 aliphatic rings. The minimum Gasteiger partial charge on any atom is -0.396 e. The lowest BCUT2D eigenvalue weighted by Crippen LogP contribution is -2.19. The zero-order valence-electron chi connectivity index (χ0n) is 5.74. The molecule has 6 heteroatoms. The van der Waals surface area contributed by atoms with E-state index in [0.29, 0.717) is 0 Å². The topological polar surface area (TPSA) is 105 Å². The number of aliphatic hydroxyl groups excluding tert-OH is 1. The Labute approximate surface area is 62.1 Å². The Morgan fingerprint density at radius 1 is 1.55 bits per heavy atom. The number of aromatic amines is 1. The van der Waals surface area contributed by atoms with Crippen LogP contribution in [0.3, 0.4) is 0 Å². The average Bonchev–Trinajstić information content (AvgIpc) is 1.95. The van der Waals surface area contributed by atoms with Crippen molar-refractivity contribution in [3.8, 4) is 0 Å². The highest BCUT2D eigenvalue weighted by Gasteiger charge is 2.00. The van der Waals surface area contributed by atoms with Crippen molar-refractivity contribution in [3.63, 3.8) is 0 Å². The number of aliphatic hydroxyl groups is 1. The number of hydrogen-bond donors (Lipinski definition) is 3. The van der Waals surface area contributed by atoms with Crippen molar-refractivity contribution in [2.45, 2.75) is 6.42 Å². The number of nitrogens with zero attached hydrogens (tertiary/aromatic N) is 2. The Hall–Kier alpha value is -1.43. The number of H-pyrrole nitrogens is 1. The van der Waals surface area contributed by atoms with Crippen LogP contribution in [0.15, 0.2) is 4.79 Å². The highest BCUT2D eigenvalue weighted by Crippen LogP contribution is 1.84. The van der Waals surface area contributed by atoms with E-state index in [1.54, 1.807) is 0 Å². The third kappa shape index (κ3) is 1.74. The summed E-state index contributed by atoms with van der Waals surface area (Å²) in [6, 6.07) is 0. The minimum absolute atomic E-state index is 0.0170. The van der Waals surface area contributed by atoms with Crippen molar-refractivity contribution in [1.29, 1.82) is 0 Å². The standard InChI is InChI=1S/C5H8N4O2/c6-5-7-4(11)3(1-2-10)8-9-5/h10H,1-2H2,(H3,6,7,9,11). The molecule has 0 radical (unpaired) electrons. The molecule has 0 unspecified atom stereocenters. The molecule has 0 saturated carbocycles. The van der Waals surface area contributed by atoms with E-state index in [4.69, 9.17) is 10.8 Å². The highest BCUT2D eigenvalue weighted by atomic mass is 16.3. The van der Waals surface area contributed by atoms with Crippen molar-refractivity contribution in [3.05, 3.63) is 16.0 Å².